The average molecular weight is 369 g/mol. The quantitative estimate of drug-likeness (QED) is 0.798. The predicted molar refractivity (Wildman–Crippen MR) is 99.1 cm³/mol. The molecule has 3 rings (SSSR count). The number of carboxylic acids is 1. The maximum atomic E-state index is 13.8. The highest BCUT2D eigenvalue weighted by atomic mass is 19.1. The van der Waals surface area contributed by atoms with Crippen molar-refractivity contribution in [2.24, 2.45) is 0 Å². The fourth-order valence-electron chi connectivity index (χ4n) is 3.25. The standard InChI is InChI=1S/C21H20FNO4/c1-13(19(22)10-11-20(24)25)23-21(26)27-12-18-16-8-4-2-6-14(16)15-7-3-5-9-17(15)18/h2-10,13,18H,11-12H2,1H3,(H,23,26)(H,24,25)/b19-10-/t13-/m0/s1. The van der Waals surface area contributed by atoms with E-state index in [4.69, 9.17) is 9.84 Å². The molecule has 2 aromatic carbocycles. The minimum absolute atomic E-state index is 0.0779. The van der Waals surface area contributed by atoms with Crippen molar-refractivity contribution in [3.05, 3.63) is 71.6 Å². The van der Waals surface area contributed by atoms with Crippen LogP contribution in [0.2, 0.25) is 0 Å². The molecular formula is C21H20FNO4. The number of amides is 1. The van der Waals surface area contributed by atoms with Crippen molar-refractivity contribution >= 4 is 12.1 Å². The number of hydrogen-bond acceptors (Lipinski definition) is 3. The average Bonchev–Trinajstić information content (AvgIpc) is 2.98. The van der Waals surface area contributed by atoms with Crippen LogP contribution in [0.3, 0.4) is 0 Å². The van der Waals surface area contributed by atoms with Gasteiger partial charge in [-0.3, -0.25) is 4.79 Å². The molecule has 27 heavy (non-hydrogen) atoms. The van der Waals surface area contributed by atoms with Gasteiger partial charge >= 0.3 is 12.1 Å². The van der Waals surface area contributed by atoms with Gasteiger partial charge in [0, 0.05) is 5.92 Å². The Balaban J connectivity index is 1.64. The van der Waals surface area contributed by atoms with Gasteiger partial charge in [0.1, 0.15) is 12.4 Å². The molecule has 2 aromatic rings. The van der Waals surface area contributed by atoms with Crippen LogP contribution in [0.5, 0.6) is 0 Å². The molecule has 0 aliphatic heterocycles. The molecule has 0 saturated heterocycles. The van der Waals surface area contributed by atoms with E-state index in [-0.39, 0.29) is 12.5 Å². The lowest BCUT2D eigenvalue weighted by molar-refractivity contribution is -0.136. The molecule has 140 valence electrons. The topological polar surface area (TPSA) is 75.6 Å². The second kappa shape index (κ2) is 8.03. The number of hydrogen-bond donors (Lipinski definition) is 2. The van der Waals surface area contributed by atoms with Gasteiger partial charge in [-0.2, -0.15) is 0 Å². The maximum Gasteiger partial charge on any atom is 0.407 e. The summed E-state index contributed by atoms with van der Waals surface area (Å²) in [6, 6.07) is 15.0. The number of nitrogens with one attached hydrogen (secondary N) is 1. The highest BCUT2D eigenvalue weighted by molar-refractivity contribution is 5.79. The Labute approximate surface area is 156 Å². The van der Waals surface area contributed by atoms with Crippen LogP contribution in [0.4, 0.5) is 9.18 Å². The smallest absolute Gasteiger partial charge is 0.407 e. The van der Waals surface area contributed by atoms with Crippen LogP contribution in [0.25, 0.3) is 11.1 Å². The van der Waals surface area contributed by atoms with Gasteiger partial charge < -0.3 is 15.2 Å². The van der Waals surface area contributed by atoms with Crippen LogP contribution in [0, 0.1) is 0 Å². The molecule has 1 atom stereocenters. The number of carboxylic acid groups (broad SMARTS) is 1. The Kier molecular flexibility index (Phi) is 5.54. The van der Waals surface area contributed by atoms with E-state index in [0.29, 0.717) is 0 Å². The number of rotatable bonds is 6. The lowest BCUT2D eigenvalue weighted by Crippen LogP contribution is -2.34. The summed E-state index contributed by atoms with van der Waals surface area (Å²) >= 11 is 0. The van der Waals surface area contributed by atoms with E-state index in [1.54, 1.807) is 0 Å². The van der Waals surface area contributed by atoms with Gasteiger partial charge in [-0.1, -0.05) is 48.5 Å². The molecule has 0 spiro atoms. The molecule has 1 aliphatic rings. The normalized spacial score (nSPS) is 14.2. The third kappa shape index (κ3) is 4.16. The highest BCUT2D eigenvalue weighted by Gasteiger charge is 2.29. The van der Waals surface area contributed by atoms with E-state index in [9.17, 15) is 14.0 Å². The number of ether oxygens (including phenoxy) is 1. The zero-order valence-corrected chi connectivity index (χ0v) is 14.8. The van der Waals surface area contributed by atoms with Crippen molar-refractivity contribution in [1.82, 2.24) is 5.32 Å². The van der Waals surface area contributed by atoms with Crippen LogP contribution in [0.1, 0.15) is 30.4 Å². The summed E-state index contributed by atoms with van der Waals surface area (Å²) in [5.74, 6) is -1.93. The molecular weight excluding hydrogens is 349 g/mol. The summed E-state index contributed by atoms with van der Waals surface area (Å²) < 4.78 is 19.1. The van der Waals surface area contributed by atoms with Gasteiger partial charge in [0.25, 0.3) is 0 Å². The highest BCUT2D eigenvalue weighted by Crippen LogP contribution is 2.44. The second-order valence-electron chi connectivity index (χ2n) is 6.38. The Bertz CT molecular complexity index is 848. The lowest BCUT2D eigenvalue weighted by Gasteiger charge is -2.16. The first-order valence-corrected chi connectivity index (χ1v) is 8.66. The monoisotopic (exact) mass is 369 g/mol. The van der Waals surface area contributed by atoms with Crippen LogP contribution < -0.4 is 5.32 Å². The second-order valence-corrected chi connectivity index (χ2v) is 6.38. The number of fused-ring (bicyclic) bond motifs is 3. The Morgan fingerprint density at radius 1 is 1.15 bits per heavy atom. The SMILES string of the molecule is C[C@H](NC(=O)OCC1c2ccccc2-c2ccccc21)/C(F)=C/CC(=O)O. The fraction of sp³-hybridized carbons (Fsp3) is 0.238. The zero-order chi connectivity index (χ0) is 19.4. The summed E-state index contributed by atoms with van der Waals surface area (Å²) in [6.07, 6.45) is -0.262. The summed E-state index contributed by atoms with van der Waals surface area (Å²) in [5, 5.41) is 10.9. The van der Waals surface area contributed by atoms with E-state index in [1.807, 2.05) is 48.5 Å². The van der Waals surface area contributed by atoms with E-state index in [1.165, 1.54) is 6.92 Å². The predicted octanol–water partition coefficient (Wildman–Crippen LogP) is 4.24. The number of aliphatic carboxylic acids is 1. The number of halogens is 1. The largest absolute Gasteiger partial charge is 0.481 e. The lowest BCUT2D eigenvalue weighted by atomic mass is 9.98. The van der Waals surface area contributed by atoms with Crippen molar-refractivity contribution in [2.45, 2.75) is 25.3 Å². The minimum Gasteiger partial charge on any atom is -0.481 e. The van der Waals surface area contributed by atoms with Gasteiger partial charge in [-0.05, 0) is 35.3 Å². The summed E-state index contributed by atoms with van der Waals surface area (Å²) in [4.78, 5) is 22.5. The molecule has 5 nitrogen and oxygen atoms in total. The molecule has 0 fully saturated rings. The molecule has 0 saturated carbocycles. The first-order chi connectivity index (χ1) is 13.0. The Morgan fingerprint density at radius 3 is 2.26 bits per heavy atom. The van der Waals surface area contributed by atoms with Crippen molar-refractivity contribution < 1.29 is 23.8 Å². The van der Waals surface area contributed by atoms with Crippen molar-refractivity contribution in [1.29, 1.82) is 0 Å². The first-order valence-electron chi connectivity index (χ1n) is 8.66. The number of carbonyl (C=O) groups excluding carboxylic acids is 1. The third-order valence-corrected chi connectivity index (χ3v) is 4.56. The maximum absolute atomic E-state index is 13.8. The van der Waals surface area contributed by atoms with Crippen molar-refractivity contribution in [3.63, 3.8) is 0 Å². The summed E-state index contributed by atoms with van der Waals surface area (Å²) in [7, 11) is 0. The van der Waals surface area contributed by atoms with Crippen LogP contribution in [-0.2, 0) is 9.53 Å². The van der Waals surface area contributed by atoms with Gasteiger partial charge in [-0.15, -0.1) is 0 Å². The summed E-state index contributed by atoms with van der Waals surface area (Å²) in [5.41, 5.74) is 4.43. The Morgan fingerprint density at radius 2 is 1.70 bits per heavy atom. The van der Waals surface area contributed by atoms with Gasteiger partial charge in [-0.25, -0.2) is 9.18 Å². The molecule has 6 heteroatoms. The molecule has 0 radical (unpaired) electrons. The van der Waals surface area contributed by atoms with Crippen LogP contribution in [0.15, 0.2) is 60.4 Å². The van der Waals surface area contributed by atoms with Crippen LogP contribution in [-0.4, -0.2) is 29.8 Å². The minimum atomic E-state index is -1.14. The zero-order valence-electron chi connectivity index (χ0n) is 14.8. The first kappa shape index (κ1) is 18.6. The Hall–Kier alpha value is -3.15. The molecule has 0 unspecified atom stereocenters. The number of benzene rings is 2. The number of carbonyl (C=O) groups is 2. The molecule has 1 aliphatic carbocycles. The van der Waals surface area contributed by atoms with Crippen molar-refractivity contribution in [2.75, 3.05) is 6.61 Å². The van der Waals surface area contributed by atoms with Gasteiger partial charge in [0.2, 0.25) is 0 Å². The molecule has 0 heterocycles. The van der Waals surface area contributed by atoms with Crippen molar-refractivity contribution in [3.8, 4) is 11.1 Å². The molecule has 0 bridgehead atoms. The van der Waals surface area contributed by atoms with Crippen LogP contribution >= 0.6 is 0 Å². The fourth-order valence-corrected chi connectivity index (χ4v) is 3.25. The third-order valence-electron chi connectivity index (χ3n) is 4.56. The van der Waals surface area contributed by atoms with E-state index >= 15 is 0 Å². The van der Waals surface area contributed by atoms with E-state index < -0.39 is 30.4 Å². The van der Waals surface area contributed by atoms with E-state index in [0.717, 1.165) is 28.3 Å². The molecule has 0 aromatic heterocycles. The molecule has 2 N–H and O–H groups in total. The van der Waals surface area contributed by atoms with Gasteiger partial charge in [0.05, 0.1) is 12.5 Å². The number of alkyl carbamates (subject to hydrolysis) is 1. The molecule has 1 amide bonds. The van der Waals surface area contributed by atoms with E-state index in [2.05, 4.69) is 5.32 Å². The summed E-state index contributed by atoms with van der Waals surface area (Å²) in [6.45, 7) is 1.56. The van der Waals surface area contributed by atoms with Gasteiger partial charge in [0.15, 0.2) is 0 Å².